The van der Waals surface area contributed by atoms with E-state index in [1.165, 1.54) is 12.1 Å². The summed E-state index contributed by atoms with van der Waals surface area (Å²) in [4.78, 5) is 13.5. The molecule has 2 heterocycles. The summed E-state index contributed by atoms with van der Waals surface area (Å²) in [6.07, 6.45) is -1.67. The minimum absolute atomic E-state index is 0.0189. The smallest absolute Gasteiger partial charge is 0.385 e. The number of aryl methyl sites for hydroxylation is 1. The van der Waals surface area contributed by atoms with Crippen LogP contribution in [0, 0.1) is 0 Å². The van der Waals surface area contributed by atoms with Crippen LogP contribution in [0.1, 0.15) is 54.9 Å². The maximum Gasteiger partial charge on any atom is 0.416 e. The lowest BCUT2D eigenvalue weighted by molar-refractivity contribution is -0.153. The third-order valence-corrected chi connectivity index (χ3v) is 6.82. The molecule has 0 aliphatic carbocycles. The van der Waals surface area contributed by atoms with E-state index in [-0.39, 0.29) is 5.91 Å². The van der Waals surface area contributed by atoms with E-state index < -0.39 is 33.2 Å². The maximum absolute atomic E-state index is 12.8. The highest BCUT2D eigenvalue weighted by Gasteiger charge is 2.42. The zero-order valence-corrected chi connectivity index (χ0v) is 21.4. The zero-order valence-electron chi connectivity index (χ0n) is 20.5. The van der Waals surface area contributed by atoms with Crippen LogP contribution >= 0.6 is 0 Å². The molecule has 0 unspecified atom stereocenters. The monoisotopic (exact) mass is 544 g/mol. The van der Waals surface area contributed by atoms with E-state index >= 15 is 0 Å². The van der Waals surface area contributed by atoms with Gasteiger partial charge in [-0.2, -0.15) is 21.6 Å². The van der Waals surface area contributed by atoms with Crippen molar-refractivity contribution >= 4 is 21.7 Å². The summed E-state index contributed by atoms with van der Waals surface area (Å²) >= 11 is 0. The molecule has 4 N–H and O–H groups in total. The second-order valence-electron chi connectivity index (χ2n) is 9.42. The quantitative estimate of drug-likeness (QED) is 0.433. The average molecular weight is 545 g/mol. The summed E-state index contributed by atoms with van der Waals surface area (Å²) in [7, 11) is -3.67. The number of nitrogens with one attached hydrogen (secondary N) is 1. The van der Waals surface area contributed by atoms with Crippen LogP contribution in [0.2, 0.25) is 0 Å². The summed E-state index contributed by atoms with van der Waals surface area (Å²) in [5.41, 5.74) is -0.297. The van der Waals surface area contributed by atoms with Gasteiger partial charge >= 0.3 is 6.18 Å². The molecule has 0 radical (unpaired) electrons. The van der Waals surface area contributed by atoms with E-state index in [1.54, 1.807) is 0 Å². The van der Waals surface area contributed by atoms with Crippen LogP contribution in [0.25, 0.3) is 0 Å². The third kappa shape index (κ3) is 7.08. The van der Waals surface area contributed by atoms with Crippen LogP contribution in [-0.2, 0) is 38.8 Å². The molecular weight excluding hydrogens is 513 g/mol. The van der Waals surface area contributed by atoms with Gasteiger partial charge in [0.05, 0.1) is 17.4 Å². The van der Waals surface area contributed by atoms with Crippen LogP contribution in [0.4, 0.5) is 18.9 Å². The molecule has 0 bridgehead atoms. The maximum atomic E-state index is 12.8. The Kier molecular flexibility index (Phi) is 8.40. The Morgan fingerprint density at radius 2 is 1.57 bits per heavy atom. The van der Waals surface area contributed by atoms with Gasteiger partial charge in [0.25, 0.3) is 10.1 Å². The highest BCUT2D eigenvalue weighted by molar-refractivity contribution is 7.85. The molecule has 12 heteroatoms. The predicted octanol–water partition coefficient (Wildman–Crippen LogP) is 3.63. The Morgan fingerprint density at radius 3 is 2.08 bits per heavy atom. The highest BCUT2D eigenvalue weighted by Crippen LogP contribution is 2.40. The lowest BCUT2D eigenvalue weighted by atomic mass is 9.82. The van der Waals surface area contributed by atoms with E-state index in [4.69, 9.17) is 4.55 Å². The number of halogens is 3. The number of piperidine rings is 1. The van der Waals surface area contributed by atoms with Crippen LogP contribution in [0.3, 0.4) is 0 Å². The number of nitrogens with zero attached hydrogens (tertiary/aromatic N) is 1. The van der Waals surface area contributed by atoms with Crippen molar-refractivity contribution in [3.05, 3.63) is 64.7 Å². The number of fused-ring (bicyclic) bond motifs is 1. The number of amides is 1. The van der Waals surface area contributed by atoms with Crippen molar-refractivity contribution in [1.29, 1.82) is 0 Å². The van der Waals surface area contributed by atoms with Crippen LogP contribution in [0.15, 0.2) is 42.5 Å². The molecule has 2 aromatic carbocycles. The van der Waals surface area contributed by atoms with Crippen molar-refractivity contribution in [3.63, 3.8) is 0 Å². The molecule has 2 aliphatic heterocycles. The first-order valence-electron chi connectivity index (χ1n) is 11.8. The van der Waals surface area contributed by atoms with Crippen LogP contribution in [0.5, 0.6) is 0 Å². The first kappa shape index (κ1) is 29.1. The number of aliphatic hydroxyl groups is 2. The summed E-state index contributed by atoms with van der Waals surface area (Å²) in [5, 5.41) is 25.5. The number of likely N-dealkylation sites (tertiary alicyclic amines) is 1. The number of benzene rings is 2. The molecule has 2 aromatic rings. The van der Waals surface area contributed by atoms with Gasteiger partial charge in [0.1, 0.15) is 5.72 Å². The number of alkyl halides is 3. The summed E-state index contributed by atoms with van der Waals surface area (Å²) in [6, 6.07) is 10.2. The summed E-state index contributed by atoms with van der Waals surface area (Å²) in [6.45, 7) is 2.66. The van der Waals surface area contributed by atoms with E-state index in [2.05, 4.69) is 5.32 Å². The van der Waals surface area contributed by atoms with Crippen molar-refractivity contribution in [2.45, 2.75) is 56.5 Å². The molecule has 37 heavy (non-hydrogen) atoms. The molecule has 2 aliphatic rings. The van der Waals surface area contributed by atoms with Crippen molar-refractivity contribution in [2.24, 2.45) is 0 Å². The molecule has 0 aromatic heterocycles. The number of carbonyl (C=O) groups is 1. The normalized spacial score (nSPS) is 19.6. The fraction of sp³-hybridized carbons (Fsp3) is 0.480. The Labute approximate surface area is 213 Å². The largest absolute Gasteiger partial charge is 0.416 e. The Hall–Kier alpha value is -2.51. The number of hydrogen-bond donors (Lipinski definition) is 4. The second-order valence-corrected chi connectivity index (χ2v) is 10.9. The fourth-order valence-electron chi connectivity index (χ4n) is 4.75. The van der Waals surface area contributed by atoms with Crippen molar-refractivity contribution in [2.75, 3.05) is 24.7 Å². The van der Waals surface area contributed by atoms with Gasteiger partial charge in [0.2, 0.25) is 5.91 Å². The molecule has 204 valence electrons. The topological polar surface area (TPSA) is 127 Å². The molecule has 1 amide bonds. The van der Waals surface area contributed by atoms with E-state index in [0.717, 1.165) is 28.9 Å². The number of rotatable bonds is 4. The lowest BCUT2D eigenvalue weighted by Crippen LogP contribution is -2.52. The highest BCUT2D eigenvalue weighted by atomic mass is 32.2. The second kappa shape index (κ2) is 10.7. The fourth-order valence-corrected chi connectivity index (χ4v) is 4.75. The third-order valence-electron chi connectivity index (χ3n) is 6.82. The molecule has 1 saturated heterocycles. The SMILES string of the molecule is CC[C@](O)(c1ccc2c(c1)CCC(=O)N2)N1CCC(O)(c2ccc(C(F)(F)F)cc2)CC1.CS(=O)(=O)O. The van der Waals surface area contributed by atoms with Gasteiger partial charge in [-0.3, -0.25) is 14.2 Å². The Morgan fingerprint density at radius 1 is 1.03 bits per heavy atom. The van der Waals surface area contributed by atoms with Gasteiger partial charge < -0.3 is 15.5 Å². The van der Waals surface area contributed by atoms with Gasteiger partial charge in [-0.1, -0.05) is 25.1 Å². The molecule has 1 atom stereocenters. The molecule has 8 nitrogen and oxygen atoms in total. The van der Waals surface area contributed by atoms with E-state index in [1.807, 2.05) is 30.0 Å². The van der Waals surface area contributed by atoms with Gasteiger partial charge in [0, 0.05) is 25.2 Å². The lowest BCUT2D eigenvalue weighted by Gasteiger charge is -2.46. The van der Waals surface area contributed by atoms with Crippen molar-refractivity contribution in [1.82, 2.24) is 4.90 Å². The average Bonchev–Trinajstić information content (AvgIpc) is 2.82. The van der Waals surface area contributed by atoms with Crippen LogP contribution < -0.4 is 5.32 Å². The minimum Gasteiger partial charge on any atom is -0.385 e. The predicted molar refractivity (Wildman–Crippen MR) is 131 cm³/mol. The summed E-state index contributed by atoms with van der Waals surface area (Å²) < 4.78 is 64.4. The standard InChI is InChI=1S/C24H27F3N2O3.CH4O3S/c1-2-23(32,19-8-9-20-16(15-19)3-10-21(30)28-20)29-13-11-22(31,12-14-29)17-4-6-18(7-5-17)24(25,26)27;1-5(2,3)4/h4-9,15,31-32H,2-3,10-14H2,1H3,(H,28,30);1H3,(H,2,3,4)/t23-;/m0./s1. The molecular formula is C25H31F3N2O6S. The minimum atomic E-state index is -4.42. The van der Waals surface area contributed by atoms with E-state index in [9.17, 15) is 36.6 Å². The first-order chi connectivity index (χ1) is 17.0. The number of carbonyl (C=O) groups excluding carboxylic acids is 1. The molecule has 0 spiro atoms. The number of hydrogen-bond acceptors (Lipinski definition) is 6. The van der Waals surface area contributed by atoms with Crippen molar-refractivity contribution < 1.29 is 41.1 Å². The molecule has 0 saturated carbocycles. The van der Waals surface area contributed by atoms with Gasteiger partial charge in [-0.15, -0.1) is 0 Å². The van der Waals surface area contributed by atoms with Gasteiger partial charge in [0.15, 0.2) is 0 Å². The Balaban J connectivity index is 0.000000695. The first-order valence-corrected chi connectivity index (χ1v) is 13.6. The molecule has 4 rings (SSSR count). The van der Waals surface area contributed by atoms with Crippen LogP contribution in [-0.4, -0.2) is 53.3 Å². The van der Waals surface area contributed by atoms with E-state index in [0.29, 0.717) is 57.0 Å². The van der Waals surface area contributed by atoms with Gasteiger partial charge in [-0.05, 0) is 66.6 Å². The van der Waals surface area contributed by atoms with Gasteiger partial charge in [-0.25, -0.2) is 0 Å². The molecule has 1 fully saturated rings. The zero-order chi connectivity index (χ0) is 27.6. The Bertz CT molecular complexity index is 1220. The number of anilines is 1. The van der Waals surface area contributed by atoms with Crippen molar-refractivity contribution in [3.8, 4) is 0 Å². The summed E-state index contributed by atoms with van der Waals surface area (Å²) in [5.74, 6) is -0.0189.